The predicted molar refractivity (Wildman–Crippen MR) is 102 cm³/mol. The zero-order chi connectivity index (χ0) is 18.5. The molecular weight excluding hydrogens is 326 g/mol. The Balaban J connectivity index is 1.96. The van der Waals surface area contributed by atoms with Crippen LogP contribution in [0.3, 0.4) is 0 Å². The molecule has 0 fully saturated rings. The summed E-state index contributed by atoms with van der Waals surface area (Å²) in [5.74, 6) is 1.52. The van der Waals surface area contributed by atoms with Crippen molar-refractivity contribution in [3.8, 4) is 5.75 Å². The average molecular weight is 351 g/mol. The first-order valence-corrected chi connectivity index (χ1v) is 8.92. The van der Waals surface area contributed by atoms with Crippen LogP contribution in [0.4, 0.5) is 0 Å². The number of rotatable bonds is 0. The van der Waals surface area contributed by atoms with Gasteiger partial charge in [0.1, 0.15) is 12.4 Å². The van der Waals surface area contributed by atoms with E-state index in [1.807, 2.05) is 25.2 Å². The molecule has 5 nitrogen and oxygen atoms in total. The Labute approximate surface area is 154 Å². The summed E-state index contributed by atoms with van der Waals surface area (Å²) in [5, 5.41) is 5.17. The third-order valence-electron chi connectivity index (χ3n) is 4.58. The van der Waals surface area contributed by atoms with E-state index in [0.29, 0.717) is 12.6 Å². The minimum Gasteiger partial charge on any atom is -0.488 e. The van der Waals surface area contributed by atoms with Crippen LogP contribution < -0.4 is 10.1 Å². The lowest BCUT2D eigenvalue weighted by molar-refractivity contribution is -0.153. The number of aryl methyl sites for hydroxylation is 1. The Kier molecular flexibility index (Phi) is 3.74. The predicted octanol–water partition coefficient (Wildman–Crippen LogP) is 3.71. The Bertz CT molecular complexity index is 885. The number of guanidine groups is 1. The molecule has 5 heteroatoms. The van der Waals surface area contributed by atoms with Gasteiger partial charge in [-0.25, -0.2) is 14.9 Å². The maximum absolute atomic E-state index is 6.42. The van der Waals surface area contributed by atoms with Gasteiger partial charge in [0, 0.05) is 18.2 Å². The van der Waals surface area contributed by atoms with Crippen molar-refractivity contribution in [2.24, 2.45) is 4.99 Å². The lowest BCUT2D eigenvalue weighted by Crippen LogP contribution is -2.46. The molecule has 0 saturated carbocycles. The first-order valence-electron chi connectivity index (χ1n) is 8.92. The molecule has 0 aromatic heterocycles. The molecule has 1 unspecified atom stereocenters. The molecule has 2 aliphatic rings. The molecule has 2 aliphatic heterocycles. The maximum Gasteiger partial charge on any atom is 0.243 e. The van der Waals surface area contributed by atoms with Gasteiger partial charge in [0.2, 0.25) is 11.7 Å². The topological polar surface area (TPSA) is 46.1 Å². The van der Waals surface area contributed by atoms with Crippen LogP contribution in [0.15, 0.2) is 47.5 Å². The molecule has 2 heterocycles. The van der Waals surface area contributed by atoms with Crippen LogP contribution in [0.5, 0.6) is 5.75 Å². The minimum atomic E-state index is -0.948. The smallest absolute Gasteiger partial charge is 0.243 e. The first kappa shape index (κ1) is 16.9. The largest absolute Gasteiger partial charge is 0.488 e. The van der Waals surface area contributed by atoms with Gasteiger partial charge in [-0.3, -0.25) is 0 Å². The van der Waals surface area contributed by atoms with E-state index in [0.717, 1.165) is 28.0 Å². The molecule has 26 heavy (non-hydrogen) atoms. The molecule has 1 atom stereocenters. The highest BCUT2D eigenvalue weighted by Crippen LogP contribution is 2.47. The average Bonchev–Trinajstić information content (AvgIpc) is 2.82. The van der Waals surface area contributed by atoms with Crippen LogP contribution in [-0.4, -0.2) is 23.6 Å². The van der Waals surface area contributed by atoms with Crippen molar-refractivity contribution in [3.63, 3.8) is 0 Å². The Hall–Kier alpha value is -2.53. The van der Waals surface area contributed by atoms with Crippen molar-refractivity contribution in [2.75, 3.05) is 7.05 Å². The number of nitrogens with zero attached hydrogens (tertiary/aromatic N) is 2. The molecule has 0 amide bonds. The van der Waals surface area contributed by atoms with Gasteiger partial charge >= 0.3 is 0 Å². The lowest BCUT2D eigenvalue weighted by atomic mass is 9.91. The monoisotopic (exact) mass is 351 g/mol. The van der Waals surface area contributed by atoms with Gasteiger partial charge in [-0.2, -0.15) is 0 Å². The molecule has 136 valence electrons. The number of nitrogens with one attached hydrogen (secondary N) is 1. The van der Waals surface area contributed by atoms with Gasteiger partial charge in [0.05, 0.1) is 5.56 Å². The molecule has 1 N–H and O–H groups in total. The van der Waals surface area contributed by atoms with E-state index in [9.17, 15) is 0 Å². The van der Waals surface area contributed by atoms with Gasteiger partial charge in [-0.05, 0) is 45.4 Å². The second kappa shape index (κ2) is 5.74. The van der Waals surface area contributed by atoms with Gasteiger partial charge in [0.15, 0.2) is 0 Å². The Morgan fingerprint density at radius 1 is 1.12 bits per heavy atom. The molecule has 1 spiro atoms. The van der Waals surface area contributed by atoms with E-state index < -0.39 is 5.72 Å². The fraction of sp³-hybridized carbons (Fsp3) is 0.381. The zero-order valence-electron chi connectivity index (χ0n) is 16.0. The number of fused-ring (bicyclic) bond motifs is 4. The van der Waals surface area contributed by atoms with E-state index in [2.05, 4.69) is 57.3 Å². The fourth-order valence-corrected chi connectivity index (χ4v) is 3.45. The number of ether oxygens (including phenoxy) is 1. The van der Waals surface area contributed by atoms with Crippen LogP contribution in [0.1, 0.15) is 43.0 Å². The van der Waals surface area contributed by atoms with Crippen LogP contribution in [0, 0.1) is 6.92 Å². The third-order valence-corrected chi connectivity index (χ3v) is 4.58. The van der Waals surface area contributed by atoms with Crippen molar-refractivity contribution >= 4 is 5.96 Å². The van der Waals surface area contributed by atoms with Crippen molar-refractivity contribution in [1.82, 2.24) is 10.4 Å². The fourth-order valence-electron chi connectivity index (χ4n) is 3.45. The normalized spacial score (nSPS) is 21.6. The summed E-state index contributed by atoms with van der Waals surface area (Å²) in [6.07, 6.45) is 0. The van der Waals surface area contributed by atoms with Gasteiger partial charge in [0.25, 0.3) is 0 Å². The van der Waals surface area contributed by atoms with E-state index in [1.165, 1.54) is 0 Å². The number of hydrogen-bond acceptors (Lipinski definition) is 5. The van der Waals surface area contributed by atoms with Crippen molar-refractivity contribution in [3.05, 3.63) is 64.7 Å². The number of hydrogen-bond donors (Lipinski definition) is 1. The quantitative estimate of drug-likeness (QED) is 0.786. The van der Waals surface area contributed by atoms with Crippen molar-refractivity contribution < 1.29 is 9.57 Å². The van der Waals surface area contributed by atoms with E-state index in [4.69, 9.17) is 14.6 Å². The molecule has 0 radical (unpaired) electrons. The Morgan fingerprint density at radius 2 is 1.88 bits per heavy atom. The standard InChI is InChI=1S/C21H25N3O2/c1-14-10-11-18-17(12-14)21(16-9-7-6-8-15(16)13-25-18)23-19(24(5)26-21)22-20(2,3)4/h6-12H,13H2,1-5H3,(H,22,23). The highest BCUT2D eigenvalue weighted by Gasteiger charge is 2.48. The van der Waals surface area contributed by atoms with Gasteiger partial charge in [-0.15, -0.1) is 0 Å². The van der Waals surface area contributed by atoms with Crippen LogP contribution >= 0.6 is 0 Å². The molecule has 0 bridgehead atoms. The first-order chi connectivity index (χ1) is 12.3. The summed E-state index contributed by atoms with van der Waals surface area (Å²) in [6, 6.07) is 14.4. The highest BCUT2D eigenvalue weighted by molar-refractivity contribution is 5.82. The van der Waals surface area contributed by atoms with Gasteiger partial charge in [-0.1, -0.05) is 35.9 Å². The zero-order valence-corrected chi connectivity index (χ0v) is 16.0. The summed E-state index contributed by atoms with van der Waals surface area (Å²) >= 11 is 0. The SMILES string of the molecule is Cc1ccc2c(c1)C1(N=C(NC(C)(C)C)N(C)O1)c1ccccc1CO2. The minimum absolute atomic E-state index is 0.127. The summed E-state index contributed by atoms with van der Waals surface area (Å²) in [4.78, 5) is 11.5. The molecule has 4 rings (SSSR count). The summed E-state index contributed by atoms with van der Waals surface area (Å²) in [6.45, 7) is 8.89. The summed E-state index contributed by atoms with van der Waals surface area (Å²) in [7, 11) is 1.89. The molecule has 0 aliphatic carbocycles. The van der Waals surface area contributed by atoms with Crippen molar-refractivity contribution in [1.29, 1.82) is 0 Å². The maximum atomic E-state index is 6.42. The number of aliphatic imine (C=N–C) groups is 1. The molecule has 0 saturated heterocycles. The van der Waals surface area contributed by atoms with E-state index in [1.54, 1.807) is 5.06 Å². The third kappa shape index (κ3) is 2.72. The van der Waals surface area contributed by atoms with Gasteiger partial charge < -0.3 is 10.1 Å². The molecule has 2 aromatic rings. The van der Waals surface area contributed by atoms with E-state index in [-0.39, 0.29) is 5.54 Å². The van der Waals surface area contributed by atoms with Crippen LogP contribution in [0.25, 0.3) is 0 Å². The summed E-state index contributed by atoms with van der Waals surface area (Å²) < 4.78 is 6.10. The van der Waals surface area contributed by atoms with Crippen LogP contribution in [0.2, 0.25) is 0 Å². The second-order valence-electron chi connectivity index (χ2n) is 7.99. The van der Waals surface area contributed by atoms with Crippen molar-refractivity contribution in [2.45, 2.75) is 45.6 Å². The lowest BCUT2D eigenvalue weighted by Gasteiger charge is -2.28. The molecule has 2 aromatic carbocycles. The Morgan fingerprint density at radius 3 is 2.65 bits per heavy atom. The van der Waals surface area contributed by atoms with E-state index >= 15 is 0 Å². The molecular formula is C21H25N3O2. The second-order valence-corrected chi connectivity index (χ2v) is 7.99. The number of benzene rings is 2. The van der Waals surface area contributed by atoms with Crippen LogP contribution in [-0.2, 0) is 17.2 Å². The highest BCUT2D eigenvalue weighted by atomic mass is 16.7. The number of hydroxylamine groups is 2. The summed E-state index contributed by atoms with van der Waals surface area (Å²) in [5.41, 5.74) is 3.09.